The highest BCUT2D eigenvalue weighted by atomic mass is 32.2. The molecule has 106 valence electrons. The molecule has 0 aromatic heterocycles. The van der Waals surface area contributed by atoms with Crippen LogP contribution in [-0.2, 0) is 4.74 Å². The van der Waals surface area contributed by atoms with E-state index in [0.29, 0.717) is 16.7 Å². The Kier molecular flexibility index (Phi) is 5.36. The molecule has 2 unspecified atom stereocenters. The van der Waals surface area contributed by atoms with Crippen LogP contribution in [0.4, 0.5) is 0 Å². The molecule has 2 heterocycles. The summed E-state index contributed by atoms with van der Waals surface area (Å²) in [4.78, 5) is 2.64. The van der Waals surface area contributed by atoms with Gasteiger partial charge in [0.15, 0.2) is 0 Å². The summed E-state index contributed by atoms with van der Waals surface area (Å²) in [5.41, 5.74) is 0. The Balaban J connectivity index is 1.81. The van der Waals surface area contributed by atoms with Gasteiger partial charge >= 0.3 is 0 Å². The number of likely N-dealkylation sites (N-methyl/N-ethyl adjacent to an activating group) is 1. The number of ether oxygens (including phenoxy) is 1. The van der Waals surface area contributed by atoms with Gasteiger partial charge in [-0.1, -0.05) is 20.8 Å². The van der Waals surface area contributed by atoms with Crippen LogP contribution in [0.5, 0.6) is 0 Å². The third-order valence-corrected chi connectivity index (χ3v) is 5.46. The molecule has 0 bridgehead atoms. The van der Waals surface area contributed by atoms with Crippen LogP contribution in [0.2, 0.25) is 0 Å². The van der Waals surface area contributed by atoms with E-state index in [-0.39, 0.29) is 0 Å². The van der Waals surface area contributed by atoms with Crippen LogP contribution in [0.25, 0.3) is 0 Å². The van der Waals surface area contributed by atoms with E-state index in [4.69, 9.17) is 4.74 Å². The van der Waals surface area contributed by atoms with Crippen LogP contribution in [0.1, 0.15) is 27.2 Å². The van der Waals surface area contributed by atoms with E-state index in [1.165, 1.54) is 31.8 Å². The third-order valence-electron chi connectivity index (χ3n) is 4.09. The largest absolute Gasteiger partial charge is 0.379 e. The quantitative estimate of drug-likeness (QED) is 0.844. The highest BCUT2D eigenvalue weighted by Gasteiger charge is 2.31. The van der Waals surface area contributed by atoms with Gasteiger partial charge in [-0.15, -0.1) is 0 Å². The number of nitrogens with zero attached hydrogens (tertiary/aromatic N) is 1. The fourth-order valence-corrected chi connectivity index (χ4v) is 3.98. The lowest BCUT2D eigenvalue weighted by Gasteiger charge is -2.27. The molecule has 0 aliphatic carbocycles. The Morgan fingerprint density at radius 2 is 2.17 bits per heavy atom. The molecular formula is C14H28N2OS. The average Bonchev–Trinajstić information content (AvgIpc) is 2.66. The molecule has 3 nitrogen and oxygen atoms in total. The van der Waals surface area contributed by atoms with E-state index in [1.807, 2.05) is 0 Å². The molecule has 2 rings (SSSR count). The van der Waals surface area contributed by atoms with Crippen molar-refractivity contribution in [2.75, 3.05) is 45.1 Å². The van der Waals surface area contributed by atoms with Gasteiger partial charge in [-0.05, 0) is 19.5 Å². The molecule has 2 fully saturated rings. The summed E-state index contributed by atoms with van der Waals surface area (Å²) in [5, 5.41) is 3.56. The lowest BCUT2D eigenvalue weighted by Crippen LogP contribution is -2.42. The molecule has 0 radical (unpaired) electrons. The summed E-state index contributed by atoms with van der Waals surface area (Å²) < 4.78 is 6.10. The standard InChI is InChI=1S/C14H28N2OS/c1-4-15-13-11-17-10-12(13)9-16-6-5-14(2,3)18-8-7-16/h12-13,15H,4-11H2,1-3H3. The first-order chi connectivity index (χ1) is 8.61. The van der Waals surface area contributed by atoms with E-state index in [0.717, 1.165) is 19.8 Å². The number of thioether (sulfide) groups is 1. The zero-order valence-electron chi connectivity index (χ0n) is 12.1. The maximum atomic E-state index is 5.64. The van der Waals surface area contributed by atoms with Crippen molar-refractivity contribution in [3.8, 4) is 0 Å². The zero-order valence-corrected chi connectivity index (χ0v) is 12.9. The molecule has 0 aromatic carbocycles. The highest BCUT2D eigenvalue weighted by molar-refractivity contribution is 8.00. The minimum absolute atomic E-state index is 0.460. The van der Waals surface area contributed by atoms with Crippen molar-refractivity contribution in [2.24, 2.45) is 5.92 Å². The second kappa shape index (κ2) is 6.60. The molecule has 0 amide bonds. The molecule has 2 atom stereocenters. The molecular weight excluding hydrogens is 244 g/mol. The fraction of sp³-hybridized carbons (Fsp3) is 1.00. The van der Waals surface area contributed by atoms with Crippen LogP contribution < -0.4 is 5.32 Å². The SMILES string of the molecule is CCNC1COCC1CN1CCSC(C)(C)CC1. The Hall–Kier alpha value is 0.230. The fourth-order valence-electron chi connectivity index (χ4n) is 2.84. The van der Waals surface area contributed by atoms with E-state index in [1.54, 1.807) is 0 Å². The van der Waals surface area contributed by atoms with Gasteiger partial charge in [0.1, 0.15) is 0 Å². The number of nitrogens with one attached hydrogen (secondary N) is 1. The summed E-state index contributed by atoms with van der Waals surface area (Å²) in [7, 11) is 0. The van der Waals surface area contributed by atoms with Crippen LogP contribution in [0.15, 0.2) is 0 Å². The molecule has 0 saturated carbocycles. The first-order valence-corrected chi connectivity index (χ1v) is 8.27. The van der Waals surface area contributed by atoms with Crippen molar-refractivity contribution in [2.45, 2.75) is 38.0 Å². The Labute approximate surface area is 116 Å². The van der Waals surface area contributed by atoms with Gasteiger partial charge in [0.2, 0.25) is 0 Å². The first kappa shape index (κ1) is 14.6. The van der Waals surface area contributed by atoms with Crippen LogP contribution in [0.3, 0.4) is 0 Å². The maximum Gasteiger partial charge on any atom is 0.0623 e. The molecule has 2 aliphatic heterocycles. The predicted molar refractivity (Wildman–Crippen MR) is 79.4 cm³/mol. The lowest BCUT2D eigenvalue weighted by atomic mass is 10.0. The average molecular weight is 272 g/mol. The van der Waals surface area contributed by atoms with Crippen molar-refractivity contribution in [3.05, 3.63) is 0 Å². The molecule has 4 heteroatoms. The van der Waals surface area contributed by atoms with Crippen molar-refractivity contribution in [3.63, 3.8) is 0 Å². The zero-order chi connectivity index (χ0) is 13.0. The highest BCUT2D eigenvalue weighted by Crippen LogP contribution is 2.31. The minimum atomic E-state index is 0.460. The molecule has 2 aliphatic rings. The van der Waals surface area contributed by atoms with Gasteiger partial charge in [-0.2, -0.15) is 11.8 Å². The Morgan fingerprint density at radius 3 is 2.94 bits per heavy atom. The molecule has 0 spiro atoms. The molecule has 1 N–H and O–H groups in total. The summed E-state index contributed by atoms with van der Waals surface area (Å²) in [5.74, 6) is 1.95. The van der Waals surface area contributed by atoms with Crippen molar-refractivity contribution < 1.29 is 4.74 Å². The maximum absolute atomic E-state index is 5.64. The molecule has 18 heavy (non-hydrogen) atoms. The van der Waals surface area contributed by atoms with Crippen LogP contribution in [0, 0.1) is 5.92 Å². The topological polar surface area (TPSA) is 24.5 Å². The monoisotopic (exact) mass is 272 g/mol. The van der Waals surface area contributed by atoms with Gasteiger partial charge in [-0.3, -0.25) is 0 Å². The van der Waals surface area contributed by atoms with Crippen molar-refractivity contribution >= 4 is 11.8 Å². The Morgan fingerprint density at radius 1 is 1.33 bits per heavy atom. The molecule has 0 aromatic rings. The molecule has 2 saturated heterocycles. The summed E-state index contributed by atoms with van der Waals surface area (Å²) in [6.07, 6.45) is 1.30. The predicted octanol–water partition coefficient (Wildman–Crippen LogP) is 1.83. The summed E-state index contributed by atoms with van der Waals surface area (Å²) in [6.45, 7) is 13.5. The first-order valence-electron chi connectivity index (χ1n) is 7.28. The summed E-state index contributed by atoms with van der Waals surface area (Å²) in [6, 6.07) is 0.568. The minimum Gasteiger partial charge on any atom is -0.379 e. The van der Waals surface area contributed by atoms with Crippen LogP contribution in [-0.4, -0.2) is 60.8 Å². The number of hydrogen-bond acceptors (Lipinski definition) is 4. The van der Waals surface area contributed by atoms with E-state index < -0.39 is 0 Å². The van der Waals surface area contributed by atoms with Gasteiger partial charge in [-0.25, -0.2) is 0 Å². The van der Waals surface area contributed by atoms with Gasteiger partial charge in [0.25, 0.3) is 0 Å². The number of rotatable bonds is 4. The van der Waals surface area contributed by atoms with E-state index in [2.05, 4.69) is 42.7 Å². The second-order valence-electron chi connectivity index (χ2n) is 6.12. The van der Waals surface area contributed by atoms with Gasteiger partial charge in [0, 0.05) is 35.5 Å². The van der Waals surface area contributed by atoms with Gasteiger partial charge < -0.3 is 15.0 Å². The lowest BCUT2D eigenvalue weighted by molar-refractivity contribution is 0.168. The third kappa shape index (κ3) is 4.12. The van der Waals surface area contributed by atoms with Crippen LogP contribution >= 0.6 is 11.8 Å². The van der Waals surface area contributed by atoms with E-state index >= 15 is 0 Å². The van der Waals surface area contributed by atoms with E-state index in [9.17, 15) is 0 Å². The summed E-state index contributed by atoms with van der Waals surface area (Å²) >= 11 is 2.13. The van der Waals surface area contributed by atoms with Gasteiger partial charge in [0.05, 0.1) is 13.2 Å². The van der Waals surface area contributed by atoms with Crippen molar-refractivity contribution in [1.82, 2.24) is 10.2 Å². The van der Waals surface area contributed by atoms with Crippen molar-refractivity contribution in [1.29, 1.82) is 0 Å². The number of hydrogen-bond donors (Lipinski definition) is 1. The Bertz CT molecular complexity index is 260. The normalized spacial score (nSPS) is 33.5. The second-order valence-corrected chi connectivity index (χ2v) is 7.92. The smallest absolute Gasteiger partial charge is 0.0623 e.